The van der Waals surface area contributed by atoms with E-state index in [1.54, 1.807) is 29.3 Å². The average molecular weight is 556 g/mol. The molecule has 6 heteroatoms. The fourth-order valence-electron chi connectivity index (χ4n) is 6.15. The molecule has 5 aromatic rings. The Hall–Kier alpha value is -4.97. The van der Waals surface area contributed by atoms with Crippen LogP contribution in [0.2, 0.25) is 0 Å². The number of aromatic nitrogens is 1. The fourth-order valence-corrected chi connectivity index (χ4v) is 6.15. The van der Waals surface area contributed by atoms with Crippen molar-refractivity contribution >= 4 is 28.6 Å². The van der Waals surface area contributed by atoms with E-state index in [9.17, 15) is 13.6 Å². The third kappa shape index (κ3) is 4.79. The van der Waals surface area contributed by atoms with Gasteiger partial charge in [0.05, 0.1) is 28.5 Å². The smallest absolute Gasteiger partial charge is 0.267 e. The summed E-state index contributed by atoms with van der Waals surface area (Å²) in [5.74, 6) is -0.905. The van der Waals surface area contributed by atoms with Gasteiger partial charge in [0.15, 0.2) is 0 Å². The topological polar surface area (TPSA) is 45.6 Å². The van der Waals surface area contributed by atoms with E-state index in [4.69, 9.17) is 10.1 Å². The highest BCUT2D eigenvalue weighted by Crippen LogP contribution is 2.45. The third-order valence-electron chi connectivity index (χ3n) is 8.15. The van der Waals surface area contributed by atoms with E-state index in [0.717, 1.165) is 58.1 Å². The first-order valence-electron chi connectivity index (χ1n) is 14.1. The van der Waals surface area contributed by atoms with Crippen molar-refractivity contribution in [2.75, 3.05) is 0 Å². The van der Waals surface area contributed by atoms with Gasteiger partial charge in [-0.1, -0.05) is 72.8 Å². The van der Waals surface area contributed by atoms with Gasteiger partial charge in [0.2, 0.25) is 0 Å². The third-order valence-corrected chi connectivity index (χ3v) is 8.15. The summed E-state index contributed by atoms with van der Waals surface area (Å²) in [4.78, 5) is 19.5. The molecule has 0 unspecified atom stereocenters. The van der Waals surface area contributed by atoms with Gasteiger partial charge in [0.1, 0.15) is 11.6 Å². The van der Waals surface area contributed by atoms with Crippen LogP contribution in [0.1, 0.15) is 46.8 Å². The molecule has 1 saturated carbocycles. The molecule has 0 spiro atoms. The van der Waals surface area contributed by atoms with Gasteiger partial charge in [0.25, 0.3) is 5.91 Å². The first kappa shape index (κ1) is 26.0. The first-order chi connectivity index (χ1) is 20.5. The monoisotopic (exact) mass is 555 g/mol. The lowest BCUT2D eigenvalue weighted by Crippen LogP contribution is -2.32. The number of pyridine rings is 1. The van der Waals surface area contributed by atoms with E-state index in [1.165, 1.54) is 24.3 Å². The van der Waals surface area contributed by atoms with Crippen LogP contribution in [-0.4, -0.2) is 21.6 Å². The molecule has 0 saturated heterocycles. The summed E-state index contributed by atoms with van der Waals surface area (Å²) in [5, 5.41) is 7.35. The number of nitrogens with zero attached hydrogens (tertiary/aromatic N) is 3. The summed E-state index contributed by atoms with van der Waals surface area (Å²) in [7, 11) is 0. The molecule has 0 N–H and O–H groups in total. The highest BCUT2D eigenvalue weighted by Gasteiger charge is 2.44. The Morgan fingerprint density at radius 2 is 1.52 bits per heavy atom. The summed E-state index contributed by atoms with van der Waals surface area (Å²) >= 11 is 0. The van der Waals surface area contributed by atoms with E-state index in [-0.39, 0.29) is 23.5 Å². The van der Waals surface area contributed by atoms with Crippen LogP contribution < -0.4 is 0 Å². The van der Waals surface area contributed by atoms with Crippen LogP contribution in [0.15, 0.2) is 120 Å². The highest BCUT2D eigenvalue weighted by atomic mass is 19.1. The summed E-state index contributed by atoms with van der Waals surface area (Å²) in [5.41, 5.74) is 6.46. The number of para-hydroxylation sites is 1. The molecular weight excluding hydrogens is 528 g/mol. The number of fused-ring (bicyclic) bond motifs is 2. The van der Waals surface area contributed by atoms with E-state index < -0.39 is 6.04 Å². The Morgan fingerprint density at radius 3 is 2.29 bits per heavy atom. The number of carbonyl (C=O) groups is 1. The van der Waals surface area contributed by atoms with E-state index in [0.29, 0.717) is 11.3 Å². The summed E-state index contributed by atoms with van der Waals surface area (Å²) in [6, 6.07) is 31.6. The van der Waals surface area contributed by atoms with Gasteiger partial charge >= 0.3 is 0 Å². The molecule has 4 nitrogen and oxygen atoms in total. The number of amides is 1. The molecule has 2 heterocycles. The molecular formula is C36H27F2N3O. The van der Waals surface area contributed by atoms with Crippen LogP contribution in [0.3, 0.4) is 0 Å². The molecule has 2 aliphatic rings. The Labute approximate surface area is 242 Å². The largest absolute Gasteiger partial charge is 0.275 e. The molecule has 4 aromatic carbocycles. The molecule has 1 aliphatic heterocycles. The molecule has 42 heavy (non-hydrogen) atoms. The molecule has 1 aliphatic carbocycles. The molecule has 0 bridgehead atoms. The van der Waals surface area contributed by atoms with Crippen molar-refractivity contribution in [2.24, 2.45) is 11.0 Å². The standard InChI is InChI=1S/C36H27F2N3O/c37-27-17-13-23(14-18-27)21-26-9-6-11-30-34(26)40-41(35(30)25-15-19-28(38)20-16-25)36(42)31-22-33(24-7-2-1-3-8-24)39-32-12-5-4-10-29(31)32/h1-5,7-8,10,12-22,30,35H,6,9,11H2/b26-21-/t30-,35+/m1/s1. The quantitative estimate of drug-likeness (QED) is 0.223. The van der Waals surface area contributed by atoms with Crippen molar-refractivity contribution in [1.82, 2.24) is 9.99 Å². The number of hydrazone groups is 1. The van der Waals surface area contributed by atoms with E-state index in [1.807, 2.05) is 66.7 Å². The van der Waals surface area contributed by atoms with Crippen molar-refractivity contribution in [3.63, 3.8) is 0 Å². The van der Waals surface area contributed by atoms with Crippen molar-refractivity contribution < 1.29 is 13.6 Å². The van der Waals surface area contributed by atoms with Crippen molar-refractivity contribution in [3.8, 4) is 11.3 Å². The van der Waals surface area contributed by atoms with Gasteiger partial charge in [-0.2, -0.15) is 5.10 Å². The number of benzene rings is 4. The second kappa shape index (κ2) is 10.8. The Morgan fingerprint density at radius 1 is 0.833 bits per heavy atom. The van der Waals surface area contributed by atoms with Crippen LogP contribution in [0.25, 0.3) is 28.2 Å². The molecule has 1 amide bonds. The number of rotatable bonds is 4. The molecule has 2 atom stereocenters. The number of hydrogen-bond donors (Lipinski definition) is 0. The number of hydrogen-bond acceptors (Lipinski definition) is 3. The number of carbonyl (C=O) groups excluding carboxylic acids is 1. The Kier molecular flexibility index (Phi) is 6.67. The maximum absolute atomic E-state index is 14.6. The fraction of sp³-hybridized carbons (Fsp3) is 0.139. The minimum atomic E-state index is -0.392. The normalized spacial score (nSPS) is 19.1. The second-order valence-electron chi connectivity index (χ2n) is 10.8. The summed E-state index contributed by atoms with van der Waals surface area (Å²) < 4.78 is 27.6. The van der Waals surface area contributed by atoms with Crippen LogP contribution in [0, 0.1) is 17.6 Å². The van der Waals surface area contributed by atoms with E-state index >= 15 is 0 Å². The zero-order valence-corrected chi connectivity index (χ0v) is 22.8. The lowest BCUT2D eigenvalue weighted by Gasteiger charge is -2.30. The lowest BCUT2D eigenvalue weighted by atomic mass is 9.77. The van der Waals surface area contributed by atoms with Gasteiger partial charge in [-0.3, -0.25) is 4.79 Å². The van der Waals surface area contributed by atoms with Gasteiger partial charge < -0.3 is 0 Å². The van der Waals surface area contributed by atoms with Crippen molar-refractivity contribution in [3.05, 3.63) is 143 Å². The Bertz CT molecular complexity index is 1850. The lowest BCUT2D eigenvalue weighted by molar-refractivity contribution is 0.0683. The first-order valence-corrected chi connectivity index (χ1v) is 14.1. The maximum atomic E-state index is 14.6. The van der Waals surface area contributed by atoms with Crippen LogP contribution >= 0.6 is 0 Å². The summed E-state index contributed by atoms with van der Waals surface area (Å²) in [6.45, 7) is 0. The summed E-state index contributed by atoms with van der Waals surface area (Å²) in [6.07, 6.45) is 4.61. The number of allylic oxidation sites excluding steroid dienone is 1. The predicted octanol–water partition coefficient (Wildman–Crippen LogP) is 8.62. The maximum Gasteiger partial charge on any atom is 0.275 e. The minimum absolute atomic E-state index is 0.0541. The SMILES string of the molecule is O=C(c1cc(-c2ccccc2)nc2ccccc12)N1N=C2/C(=C\c3ccc(F)cc3)CCC[C@H]2[C@@H]1c1ccc(F)cc1. The van der Waals surface area contributed by atoms with Crippen LogP contribution in [0.5, 0.6) is 0 Å². The zero-order valence-electron chi connectivity index (χ0n) is 22.8. The van der Waals surface area contributed by atoms with Gasteiger partial charge in [-0.25, -0.2) is 18.8 Å². The van der Waals surface area contributed by atoms with Gasteiger partial charge in [-0.15, -0.1) is 0 Å². The molecule has 0 radical (unpaired) electrons. The minimum Gasteiger partial charge on any atom is -0.267 e. The molecule has 206 valence electrons. The highest BCUT2D eigenvalue weighted by molar-refractivity contribution is 6.12. The van der Waals surface area contributed by atoms with Gasteiger partial charge in [-0.05, 0) is 78.4 Å². The molecule has 1 aromatic heterocycles. The van der Waals surface area contributed by atoms with E-state index in [2.05, 4.69) is 0 Å². The van der Waals surface area contributed by atoms with Crippen LogP contribution in [-0.2, 0) is 0 Å². The molecule has 1 fully saturated rings. The second-order valence-corrected chi connectivity index (χ2v) is 10.8. The van der Waals surface area contributed by atoms with Crippen molar-refractivity contribution in [2.45, 2.75) is 25.3 Å². The Balaban J connectivity index is 1.37. The molecule has 7 rings (SSSR count). The van der Waals surface area contributed by atoms with Gasteiger partial charge in [0, 0.05) is 16.9 Å². The zero-order chi connectivity index (χ0) is 28.6. The predicted molar refractivity (Wildman–Crippen MR) is 162 cm³/mol. The van der Waals surface area contributed by atoms with Crippen LogP contribution in [0.4, 0.5) is 8.78 Å². The average Bonchev–Trinajstić information content (AvgIpc) is 3.43. The van der Waals surface area contributed by atoms with Crippen molar-refractivity contribution in [1.29, 1.82) is 0 Å². The number of halogens is 2.